The minimum absolute atomic E-state index is 0.0632. The lowest BCUT2D eigenvalue weighted by molar-refractivity contribution is -0.109. The normalized spacial score (nSPS) is 17.8. The van der Waals surface area contributed by atoms with Crippen molar-refractivity contribution in [1.29, 1.82) is 0 Å². The van der Waals surface area contributed by atoms with Crippen molar-refractivity contribution >= 4 is 23.7 Å². The van der Waals surface area contributed by atoms with Gasteiger partial charge in [0, 0.05) is 22.8 Å². The van der Waals surface area contributed by atoms with Gasteiger partial charge in [0.05, 0.1) is 6.04 Å². The number of anilines is 1. The molecule has 1 aliphatic carbocycles. The van der Waals surface area contributed by atoms with E-state index in [0.717, 1.165) is 56.2 Å². The van der Waals surface area contributed by atoms with Crippen molar-refractivity contribution in [2.45, 2.75) is 43.6 Å². The Morgan fingerprint density at radius 3 is 2.65 bits per heavy atom. The number of hydrogen-bond donors (Lipinski definition) is 4. The molecule has 0 fully saturated rings. The number of carbonyl (C=O) groups excluding carboxylic acids is 1. The average Bonchev–Trinajstić information content (AvgIpc) is 3.21. The van der Waals surface area contributed by atoms with E-state index in [1.54, 1.807) is 18.2 Å². The zero-order valence-corrected chi connectivity index (χ0v) is 20.0. The van der Waals surface area contributed by atoms with E-state index < -0.39 is 0 Å². The fourth-order valence-corrected chi connectivity index (χ4v) is 5.55. The molecule has 0 spiro atoms. The van der Waals surface area contributed by atoms with Gasteiger partial charge in [0.15, 0.2) is 0 Å². The number of aryl methyl sites for hydroxylation is 1. The summed E-state index contributed by atoms with van der Waals surface area (Å²) >= 11 is 6.29. The molecule has 5 N–H and O–H groups in total. The molecule has 1 aliphatic rings. The number of nitrogen functional groups attached to an aromatic ring is 1. The Balaban J connectivity index is 1.51. The predicted molar refractivity (Wildman–Crippen MR) is 138 cm³/mol. The van der Waals surface area contributed by atoms with Gasteiger partial charge in [0.2, 0.25) is 6.41 Å². The van der Waals surface area contributed by atoms with E-state index in [1.165, 1.54) is 11.1 Å². The van der Waals surface area contributed by atoms with Crippen molar-refractivity contribution in [3.63, 3.8) is 0 Å². The number of nitrogens with one attached hydrogen (secondary N) is 2. The number of phenolic OH excluding ortho intramolecular Hbond substituents is 1. The molecule has 0 heterocycles. The van der Waals surface area contributed by atoms with Crippen LogP contribution in [0.2, 0.25) is 5.02 Å². The molecule has 0 saturated carbocycles. The molecule has 2 atom stereocenters. The number of halogens is 1. The van der Waals surface area contributed by atoms with Gasteiger partial charge < -0.3 is 21.5 Å². The van der Waals surface area contributed by atoms with E-state index in [2.05, 4.69) is 34.9 Å². The maximum atomic E-state index is 10.9. The van der Waals surface area contributed by atoms with Crippen LogP contribution in [0.25, 0.3) is 0 Å². The highest BCUT2D eigenvalue weighted by atomic mass is 35.5. The number of aromatic hydroxyl groups is 1. The van der Waals surface area contributed by atoms with Crippen LogP contribution >= 0.6 is 11.6 Å². The summed E-state index contributed by atoms with van der Waals surface area (Å²) in [6.45, 7) is 1.42. The maximum Gasteiger partial charge on any atom is 0.207 e. The Morgan fingerprint density at radius 2 is 1.82 bits per heavy atom. The molecule has 0 saturated heterocycles. The number of amides is 1. The molecular weight excluding hydrogens is 446 g/mol. The van der Waals surface area contributed by atoms with Crippen LogP contribution in [-0.2, 0) is 16.6 Å². The number of fused-ring (bicyclic) bond motifs is 1. The van der Waals surface area contributed by atoms with Gasteiger partial charge in [0.25, 0.3) is 0 Å². The molecule has 34 heavy (non-hydrogen) atoms. The first kappa shape index (κ1) is 24.1. The third kappa shape index (κ3) is 5.21. The van der Waals surface area contributed by atoms with Crippen LogP contribution < -0.4 is 16.4 Å². The van der Waals surface area contributed by atoms with Crippen molar-refractivity contribution in [2.75, 3.05) is 18.8 Å². The number of rotatable bonds is 11. The van der Waals surface area contributed by atoms with Crippen LogP contribution in [0.1, 0.15) is 54.0 Å². The minimum Gasteiger partial charge on any atom is -0.508 e. The average molecular weight is 478 g/mol. The topological polar surface area (TPSA) is 87.4 Å². The second-order valence-electron chi connectivity index (χ2n) is 9.08. The molecular formula is C28H32ClN3O2. The van der Waals surface area contributed by atoms with Crippen LogP contribution in [0.3, 0.4) is 0 Å². The SMILES string of the molecule is Nc1ccc(Cl)cc1C(NCCCC1(CCNC=O)CCc2ccccc21)c1ccccc1O. The van der Waals surface area contributed by atoms with Gasteiger partial charge in [-0.25, -0.2) is 0 Å². The predicted octanol–water partition coefficient (Wildman–Crippen LogP) is 5.11. The van der Waals surface area contributed by atoms with Crippen LogP contribution in [0.15, 0.2) is 66.7 Å². The number of phenols is 1. The molecule has 4 rings (SSSR count). The number of benzene rings is 3. The fourth-order valence-electron chi connectivity index (χ4n) is 5.37. The molecule has 2 unspecified atom stereocenters. The van der Waals surface area contributed by atoms with Crippen molar-refractivity contribution in [3.8, 4) is 5.75 Å². The Labute approximate surface area is 206 Å². The van der Waals surface area contributed by atoms with E-state index in [0.29, 0.717) is 17.3 Å². The minimum atomic E-state index is -0.275. The third-order valence-corrected chi connectivity index (χ3v) is 7.32. The van der Waals surface area contributed by atoms with Gasteiger partial charge in [-0.05, 0) is 85.0 Å². The Bertz CT molecular complexity index is 1140. The summed E-state index contributed by atoms with van der Waals surface area (Å²) < 4.78 is 0. The zero-order valence-electron chi connectivity index (χ0n) is 19.3. The summed E-state index contributed by atoms with van der Waals surface area (Å²) in [6, 6.07) is 21.2. The largest absolute Gasteiger partial charge is 0.508 e. The van der Waals surface area contributed by atoms with Gasteiger partial charge in [-0.1, -0.05) is 54.1 Å². The molecule has 3 aromatic carbocycles. The monoisotopic (exact) mass is 477 g/mol. The third-order valence-electron chi connectivity index (χ3n) is 7.08. The van der Waals surface area contributed by atoms with Crippen LogP contribution in [0.5, 0.6) is 5.75 Å². The number of nitrogens with two attached hydrogens (primary N) is 1. The summed E-state index contributed by atoms with van der Waals surface area (Å²) in [5.41, 5.74) is 11.5. The lowest BCUT2D eigenvalue weighted by Gasteiger charge is -2.31. The zero-order chi connectivity index (χ0) is 24.0. The molecule has 0 bridgehead atoms. The van der Waals surface area contributed by atoms with Crippen molar-refractivity contribution in [1.82, 2.24) is 10.6 Å². The first-order chi connectivity index (χ1) is 16.5. The number of hydrogen-bond acceptors (Lipinski definition) is 4. The first-order valence-corrected chi connectivity index (χ1v) is 12.2. The highest BCUT2D eigenvalue weighted by molar-refractivity contribution is 6.30. The van der Waals surface area contributed by atoms with Gasteiger partial charge in [-0.2, -0.15) is 0 Å². The summed E-state index contributed by atoms with van der Waals surface area (Å²) in [5, 5.41) is 17.6. The van der Waals surface area contributed by atoms with E-state index in [9.17, 15) is 9.90 Å². The summed E-state index contributed by atoms with van der Waals surface area (Å²) in [7, 11) is 0. The van der Waals surface area contributed by atoms with Crippen LogP contribution in [-0.4, -0.2) is 24.6 Å². The molecule has 0 aromatic heterocycles. The fraction of sp³-hybridized carbons (Fsp3) is 0.321. The second-order valence-corrected chi connectivity index (χ2v) is 9.52. The summed E-state index contributed by atoms with van der Waals surface area (Å²) in [6.07, 6.45) is 5.83. The Morgan fingerprint density at radius 1 is 1.03 bits per heavy atom. The Hall–Kier alpha value is -3.02. The van der Waals surface area contributed by atoms with E-state index in [1.807, 2.05) is 24.3 Å². The molecule has 3 aromatic rings. The quantitative estimate of drug-likeness (QED) is 0.175. The molecule has 1 amide bonds. The highest BCUT2D eigenvalue weighted by Crippen LogP contribution is 2.45. The van der Waals surface area contributed by atoms with E-state index >= 15 is 0 Å². The molecule has 5 nitrogen and oxygen atoms in total. The molecule has 6 heteroatoms. The lowest BCUT2D eigenvalue weighted by Crippen LogP contribution is -2.31. The summed E-state index contributed by atoms with van der Waals surface area (Å²) in [5.74, 6) is 0.223. The Kier molecular flexibility index (Phi) is 7.76. The van der Waals surface area contributed by atoms with Gasteiger partial charge >= 0.3 is 0 Å². The van der Waals surface area contributed by atoms with Crippen LogP contribution in [0.4, 0.5) is 5.69 Å². The molecule has 178 valence electrons. The van der Waals surface area contributed by atoms with E-state index in [-0.39, 0.29) is 17.2 Å². The summed E-state index contributed by atoms with van der Waals surface area (Å²) in [4.78, 5) is 10.9. The van der Waals surface area contributed by atoms with Crippen molar-refractivity contribution < 1.29 is 9.90 Å². The van der Waals surface area contributed by atoms with Crippen LogP contribution in [0, 0.1) is 0 Å². The van der Waals surface area contributed by atoms with Gasteiger partial charge in [-0.15, -0.1) is 0 Å². The first-order valence-electron chi connectivity index (χ1n) is 11.9. The molecule has 0 radical (unpaired) electrons. The highest BCUT2D eigenvalue weighted by Gasteiger charge is 2.37. The van der Waals surface area contributed by atoms with Gasteiger partial charge in [0.1, 0.15) is 5.75 Å². The van der Waals surface area contributed by atoms with Gasteiger partial charge in [-0.3, -0.25) is 4.79 Å². The second kappa shape index (κ2) is 10.9. The number of para-hydroxylation sites is 1. The smallest absolute Gasteiger partial charge is 0.207 e. The molecule has 0 aliphatic heterocycles. The standard InChI is InChI=1S/C28H32ClN3O2/c29-21-10-11-25(30)23(18-21)27(22-7-2-4-9-26(22)34)32-16-5-13-28(15-17-31-19-33)14-12-20-6-1-3-8-24(20)28/h1-4,6-11,18-19,27,32,34H,5,12-17,30H2,(H,31,33). The van der Waals surface area contributed by atoms with E-state index in [4.69, 9.17) is 17.3 Å². The maximum absolute atomic E-state index is 10.9. The number of carbonyl (C=O) groups is 1. The van der Waals surface area contributed by atoms with Crippen molar-refractivity contribution in [3.05, 3.63) is 94.0 Å². The van der Waals surface area contributed by atoms with Crippen molar-refractivity contribution in [2.24, 2.45) is 0 Å². The lowest BCUT2D eigenvalue weighted by atomic mass is 9.75.